The van der Waals surface area contributed by atoms with Gasteiger partial charge in [0.1, 0.15) is 17.1 Å². The summed E-state index contributed by atoms with van der Waals surface area (Å²) >= 11 is 0. The average Bonchev–Trinajstić information content (AvgIpc) is 3.25. The number of nitrogens with two attached hydrogens (primary N) is 3. The predicted molar refractivity (Wildman–Crippen MR) is 104 cm³/mol. The maximum absolute atomic E-state index is 11.6. The van der Waals surface area contributed by atoms with Crippen molar-refractivity contribution in [3.8, 4) is 5.75 Å². The normalized spacial score (nSPS) is 13.3. The summed E-state index contributed by atoms with van der Waals surface area (Å²) in [6.07, 6.45) is 4.87. The smallest absolute Gasteiger partial charge is 0.267 e. The largest absolute Gasteiger partial charge is 0.504 e. The van der Waals surface area contributed by atoms with E-state index in [1.165, 1.54) is 6.07 Å². The third-order valence-electron chi connectivity index (χ3n) is 4.26. The number of aromatic nitrogens is 2. The van der Waals surface area contributed by atoms with Gasteiger partial charge >= 0.3 is 0 Å². The van der Waals surface area contributed by atoms with Gasteiger partial charge in [-0.05, 0) is 6.07 Å². The Morgan fingerprint density at radius 3 is 2.85 bits per heavy atom. The first-order chi connectivity index (χ1) is 12.9. The highest BCUT2D eigenvalue weighted by Gasteiger charge is 2.24. The summed E-state index contributed by atoms with van der Waals surface area (Å²) in [6.45, 7) is 0.125. The van der Waals surface area contributed by atoms with Gasteiger partial charge in [0.2, 0.25) is 0 Å². The molecular weight excluding hydrogens is 348 g/mol. The molecule has 0 radical (unpaired) electrons. The van der Waals surface area contributed by atoms with E-state index in [-0.39, 0.29) is 23.8 Å². The lowest BCUT2D eigenvalue weighted by molar-refractivity contribution is 0.0995. The molecule has 1 amide bonds. The van der Waals surface area contributed by atoms with Gasteiger partial charge in [-0.25, -0.2) is 9.98 Å². The van der Waals surface area contributed by atoms with E-state index in [0.717, 1.165) is 6.21 Å². The number of pyridine rings is 1. The van der Waals surface area contributed by atoms with E-state index in [0.29, 0.717) is 40.5 Å². The molecule has 0 saturated carbocycles. The van der Waals surface area contributed by atoms with E-state index in [4.69, 9.17) is 22.6 Å². The van der Waals surface area contributed by atoms with Crippen LogP contribution in [0.4, 0.5) is 11.4 Å². The van der Waals surface area contributed by atoms with E-state index in [1.54, 1.807) is 23.9 Å². The standard InChI is InChI=1S/C17H20N8O2/c1-22-12-4-13(17(21)27)24-14(8(12)5-18)10-2-3-11(23-10)15-16(26)9(20)6-25(15)7-19/h2,4-6,18,26H,3,7,19-20H2,1H3,(H2,21,27)(H,22,24). The Hall–Kier alpha value is -3.66. The molecule has 3 heterocycles. The molecule has 140 valence electrons. The quantitative estimate of drug-likeness (QED) is 0.403. The number of hydrogen-bond acceptors (Lipinski definition) is 8. The average molecular weight is 368 g/mol. The highest BCUT2D eigenvalue weighted by atomic mass is 16.3. The summed E-state index contributed by atoms with van der Waals surface area (Å²) in [5.74, 6) is -0.773. The van der Waals surface area contributed by atoms with Crippen LogP contribution in [0.1, 0.15) is 33.9 Å². The number of hydrogen-bond donors (Lipinski definition) is 6. The Labute approximate surface area is 154 Å². The molecule has 1 aliphatic heterocycles. The van der Waals surface area contributed by atoms with Crippen LogP contribution in [-0.4, -0.2) is 39.5 Å². The lowest BCUT2D eigenvalue weighted by Gasteiger charge is -2.12. The SMILES string of the molecule is CNc1cc(C(N)=O)nc(C2=CCC(c3c(O)c(N)cn3CN)=N2)c1C=N. The molecule has 0 atom stereocenters. The Bertz CT molecular complexity index is 1000. The number of nitrogen functional groups attached to an aromatic ring is 1. The summed E-state index contributed by atoms with van der Waals surface area (Å²) in [7, 11) is 1.67. The third-order valence-corrected chi connectivity index (χ3v) is 4.26. The molecule has 0 aliphatic carbocycles. The van der Waals surface area contributed by atoms with E-state index in [1.807, 2.05) is 0 Å². The molecule has 2 aromatic heterocycles. The molecule has 0 fully saturated rings. The van der Waals surface area contributed by atoms with Crippen LogP contribution in [0, 0.1) is 5.41 Å². The Morgan fingerprint density at radius 1 is 1.52 bits per heavy atom. The molecule has 10 heteroatoms. The van der Waals surface area contributed by atoms with Gasteiger partial charge < -0.3 is 37.6 Å². The topological polar surface area (TPSA) is 181 Å². The van der Waals surface area contributed by atoms with E-state index in [9.17, 15) is 9.90 Å². The number of allylic oxidation sites excluding steroid dienone is 1. The summed E-state index contributed by atoms with van der Waals surface area (Å²) in [5.41, 5.74) is 19.9. The lowest BCUT2D eigenvalue weighted by Crippen LogP contribution is -2.16. The number of aliphatic imine (C=N–C) groups is 1. The van der Waals surface area contributed by atoms with Crippen molar-refractivity contribution < 1.29 is 9.90 Å². The van der Waals surface area contributed by atoms with Gasteiger partial charge in [0.15, 0.2) is 5.75 Å². The molecule has 0 unspecified atom stereocenters. The van der Waals surface area contributed by atoms with Crippen LogP contribution in [0.2, 0.25) is 0 Å². The summed E-state index contributed by atoms with van der Waals surface area (Å²) < 4.78 is 1.60. The first-order valence-electron chi connectivity index (χ1n) is 8.10. The first kappa shape index (κ1) is 18.1. The zero-order valence-corrected chi connectivity index (χ0v) is 14.7. The second-order valence-corrected chi connectivity index (χ2v) is 5.86. The highest BCUT2D eigenvalue weighted by molar-refractivity contribution is 6.10. The van der Waals surface area contributed by atoms with E-state index in [2.05, 4.69) is 15.3 Å². The van der Waals surface area contributed by atoms with Gasteiger partial charge in [0.25, 0.3) is 5.91 Å². The van der Waals surface area contributed by atoms with Crippen LogP contribution in [0.3, 0.4) is 0 Å². The molecular formula is C17H20N8O2. The van der Waals surface area contributed by atoms with Crippen molar-refractivity contribution in [1.82, 2.24) is 9.55 Å². The fourth-order valence-electron chi connectivity index (χ4n) is 2.97. The molecule has 3 rings (SSSR count). The highest BCUT2D eigenvalue weighted by Crippen LogP contribution is 2.34. The maximum atomic E-state index is 11.6. The number of rotatable bonds is 6. The fourth-order valence-corrected chi connectivity index (χ4v) is 2.97. The molecule has 9 N–H and O–H groups in total. The third kappa shape index (κ3) is 3.02. The van der Waals surface area contributed by atoms with E-state index < -0.39 is 5.91 Å². The Morgan fingerprint density at radius 2 is 2.26 bits per heavy atom. The fraction of sp³-hybridized carbons (Fsp3) is 0.176. The number of nitrogens with zero attached hydrogens (tertiary/aromatic N) is 3. The number of amides is 1. The molecule has 0 aromatic carbocycles. The van der Waals surface area contributed by atoms with Crippen molar-refractivity contribution in [3.63, 3.8) is 0 Å². The van der Waals surface area contributed by atoms with Crippen LogP contribution in [-0.2, 0) is 6.67 Å². The summed E-state index contributed by atoms with van der Waals surface area (Å²) in [5, 5.41) is 20.9. The number of carbonyl (C=O) groups is 1. The minimum absolute atomic E-state index is 0.0573. The maximum Gasteiger partial charge on any atom is 0.267 e. The van der Waals surface area contributed by atoms with Crippen LogP contribution in [0.15, 0.2) is 23.3 Å². The summed E-state index contributed by atoms with van der Waals surface area (Å²) in [4.78, 5) is 20.4. The van der Waals surface area contributed by atoms with Crippen LogP contribution in [0.5, 0.6) is 5.75 Å². The van der Waals surface area contributed by atoms with Crippen molar-refractivity contribution >= 4 is 34.9 Å². The number of carbonyl (C=O) groups excluding carboxylic acids is 1. The second kappa shape index (κ2) is 6.92. The van der Waals surface area contributed by atoms with Crippen molar-refractivity contribution in [2.75, 3.05) is 18.1 Å². The van der Waals surface area contributed by atoms with Crippen LogP contribution in [0.25, 0.3) is 5.70 Å². The number of primary amides is 1. The minimum atomic E-state index is -0.686. The van der Waals surface area contributed by atoms with Crippen molar-refractivity contribution in [3.05, 3.63) is 41.0 Å². The van der Waals surface area contributed by atoms with Gasteiger partial charge in [-0.1, -0.05) is 6.08 Å². The number of aromatic hydroxyl groups is 1. The first-order valence-corrected chi connectivity index (χ1v) is 8.10. The van der Waals surface area contributed by atoms with Gasteiger partial charge in [-0.3, -0.25) is 4.79 Å². The lowest BCUT2D eigenvalue weighted by atomic mass is 10.1. The molecule has 1 aliphatic rings. The Kier molecular flexibility index (Phi) is 4.65. The Balaban J connectivity index is 2.13. The minimum Gasteiger partial charge on any atom is -0.504 e. The molecule has 0 bridgehead atoms. The number of nitrogens with one attached hydrogen (secondary N) is 2. The van der Waals surface area contributed by atoms with Gasteiger partial charge in [0.05, 0.1) is 23.8 Å². The van der Waals surface area contributed by atoms with Crippen molar-refractivity contribution in [2.45, 2.75) is 13.1 Å². The molecule has 2 aromatic rings. The van der Waals surface area contributed by atoms with E-state index >= 15 is 0 Å². The zero-order valence-electron chi connectivity index (χ0n) is 14.7. The molecule has 0 spiro atoms. The van der Waals surface area contributed by atoms with Crippen LogP contribution < -0.4 is 22.5 Å². The predicted octanol–water partition coefficient (Wildman–Crippen LogP) is 0.459. The molecule has 27 heavy (non-hydrogen) atoms. The summed E-state index contributed by atoms with van der Waals surface area (Å²) in [6, 6.07) is 1.48. The van der Waals surface area contributed by atoms with Gasteiger partial charge in [-0.2, -0.15) is 0 Å². The zero-order chi connectivity index (χ0) is 19.7. The van der Waals surface area contributed by atoms with Gasteiger partial charge in [-0.15, -0.1) is 0 Å². The monoisotopic (exact) mass is 368 g/mol. The molecule has 0 saturated heterocycles. The second-order valence-electron chi connectivity index (χ2n) is 5.86. The van der Waals surface area contributed by atoms with Gasteiger partial charge in [0, 0.05) is 37.1 Å². The molecule has 10 nitrogen and oxygen atoms in total. The van der Waals surface area contributed by atoms with Crippen molar-refractivity contribution in [2.24, 2.45) is 16.5 Å². The van der Waals surface area contributed by atoms with Crippen molar-refractivity contribution in [1.29, 1.82) is 5.41 Å². The number of anilines is 2. The van der Waals surface area contributed by atoms with Crippen LogP contribution >= 0.6 is 0 Å².